The Labute approximate surface area is 238 Å². The number of hydrogen-bond donors (Lipinski definition) is 7. The van der Waals surface area contributed by atoms with Crippen molar-refractivity contribution in [1.82, 2.24) is 21.3 Å². The second kappa shape index (κ2) is 20.0. The molecule has 0 aromatic carbocycles. The maximum absolute atomic E-state index is 13.3. The molecule has 0 aliphatic carbocycles. The van der Waals surface area contributed by atoms with Gasteiger partial charge in [-0.2, -0.15) is 0 Å². The Hall–Kier alpha value is -2.93. The van der Waals surface area contributed by atoms with E-state index in [2.05, 4.69) is 21.3 Å². The number of carbonyl (C=O) groups excluding carboxylic acids is 5. The molecule has 0 radical (unpaired) electrons. The molecule has 0 aromatic rings. The fraction of sp³-hybridized carbons (Fsp3) is 0.815. The van der Waals surface area contributed by atoms with Crippen molar-refractivity contribution in [2.45, 2.75) is 129 Å². The number of amides is 5. The van der Waals surface area contributed by atoms with Crippen LogP contribution in [0.2, 0.25) is 0 Å². The molecule has 13 heteroatoms. The summed E-state index contributed by atoms with van der Waals surface area (Å²) in [5.41, 5.74) is 16.2. The van der Waals surface area contributed by atoms with Gasteiger partial charge in [-0.1, -0.05) is 39.5 Å². The number of nitrogens with one attached hydrogen (secondary N) is 4. The number of alkyl carbamates (subject to hydrolysis) is 1. The molecule has 0 saturated carbocycles. The van der Waals surface area contributed by atoms with Gasteiger partial charge in [0, 0.05) is 6.54 Å². The Morgan fingerprint density at radius 2 is 1.25 bits per heavy atom. The van der Waals surface area contributed by atoms with E-state index in [4.69, 9.17) is 21.9 Å². The van der Waals surface area contributed by atoms with Gasteiger partial charge >= 0.3 is 6.09 Å². The van der Waals surface area contributed by atoms with Crippen molar-refractivity contribution in [1.29, 1.82) is 0 Å². The van der Waals surface area contributed by atoms with E-state index in [0.29, 0.717) is 38.6 Å². The summed E-state index contributed by atoms with van der Waals surface area (Å²) in [6, 6.07) is -3.72. The van der Waals surface area contributed by atoms with Gasteiger partial charge in [-0.15, -0.1) is 0 Å². The number of hydrogen-bond acceptors (Lipinski definition) is 8. The summed E-state index contributed by atoms with van der Waals surface area (Å²) in [5, 5.41) is 10.5. The van der Waals surface area contributed by atoms with Gasteiger partial charge in [-0.25, -0.2) is 4.79 Å². The summed E-state index contributed by atoms with van der Waals surface area (Å²) in [7, 11) is 0. The SMILES string of the molecule is CCCCC(N)C(=O)NCCC(NC(=O)C(CCCCN)NC(=O)OC(C)(C)C)C(=O)NC(CCCC)C(N)=O. The first kappa shape index (κ1) is 37.1. The molecule has 0 spiro atoms. The van der Waals surface area contributed by atoms with Crippen LogP contribution in [0.1, 0.15) is 98.8 Å². The van der Waals surface area contributed by atoms with Crippen molar-refractivity contribution >= 4 is 29.7 Å². The van der Waals surface area contributed by atoms with Crippen LogP contribution in [0.5, 0.6) is 0 Å². The van der Waals surface area contributed by atoms with Crippen LogP contribution in [0.25, 0.3) is 0 Å². The molecule has 13 nitrogen and oxygen atoms in total. The average molecular weight is 572 g/mol. The van der Waals surface area contributed by atoms with Crippen molar-refractivity contribution < 1.29 is 28.7 Å². The molecule has 4 atom stereocenters. The summed E-state index contributed by atoms with van der Waals surface area (Å²) in [6.45, 7) is 9.51. The molecule has 0 aromatic heterocycles. The maximum Gasteiger partial charge on any atom is 0.408 e. The largest absolute Gasteiger partial charge is 0.444 e. The van der Waals surface area contributed by atoms with E-state index in [-0.39, 0.29) is 25.3 Å². The quantitative estimate of drug-likeness (QED) is 0.103. The third-order valence-electron chi connectivity index (χ3n) is 6.03. The Kier molecular flexibility index (Phi) is 18.6. The lowest BCUT2D eigenvalue weighted by molar-refractivity contribution is -0.132. The number of primary amides is 1. The second-order valence-electron chi connectivity index (χ2n) is 11.0. The highest BCUT2D eigenvalue weighted by Crippen LogP contribution is 2.09. The van der Waals surface area contributed by atoms with Gasteiger partial charge in [-0.05, 0) is 65.8 Å². The number of carbonyl (C=O) groups is 5. The van der Waals surface area contributed by atoms with Crippen molar-refractivity contribution in [2.24, 2.45) is 17.2 Å². The minimum atomic E-state index is -1.12. The van der Waals surface area contributed by atoms with Crippen LogP contribution in [-0.4, -0.2) is 72.6 Å². The zero-order valence-electron chi connectivity index (χ0n) is 25.0. The van der Waals surface area contributed by atoms with Crippen molar-refractivity contribution in [3.05, 3.63) is 0 Å². The van der Waals surface area contributed by atoms with E-state index in [0.717, 1.165) is 19.3 Å². The van der Waals surface area contributed by atoms with Crippen LogP contribution in [-0.2, 0) is 23.9 Å². The van der Waals surface area contributed by atoms with E-state index >= 15 is 0 Å². The van der Waals surface area contributed by atoms with E-state index in [1.54, 1.807) is 20.8 Å². The van der Waals surface area contributed by atoms with Crippen LogP contribution in [0, 0.1) is 0 Å². The van der Waals surface area contributed by atoms with Gasteiger partial charge in [0.05, 0.1) is 6.04 Å². The first-order valence-electron chi connectivity index (χ1n) is 14.4. The van der Waals surface area contributed by atoms with Crippen molar-refractivity contribution in [3.8, 4) is 0 Å². The van der Waals surface area contributed by atoms with Crippen molar-refractivity contribution in [2.75, 3.05) is 13.1 Å². The molecule has 0 fully saturated rings. The Morgan fingerprint density at radius 3 is 1.77 bits per heavy atom. The molecule has 4 unspecified atom stereocenters. The maximum atomic E-state index is 13.3. The lowest BCUT2D eigenvalue weighted by atomic mass is 10.1. The molecule has 0 bridgehead atoms. The monoisotopic (exact) mass is 571 g/mol. The number of nitrogens with two attached hydrogens (primary N) is 3. The third-order valence-corrected chi connectivity index (χ3v) is 6.03. The van der Waals surface area contributed by atoms with E-state index in [1.165, 1.54) is 0 Å². The minimum Gasteiger partial charge on any atom is -0.444 e. The molecule has 232 valence electrons. The highest BCUT2D eigenvalue weighted by molar-refractivity contribution is 5.93. The second-order valence-corrected chi connectivity index (χ2v) is 11.0. The number of rotatable bonds is 20. The van der Waals surface area contributed by atoms with Crippen LogP contribution in [0.3, 0.4) is 0 Å². The summed E-state index contributed by atoms with van der Waals surface area (Å²) in [6.07, 6.45) is 4.74. The van der Waals surface area contributed by atoms with Gasteiger partial charge in [0.1, 0.15) is 23.7 Å². The fourth-order valence-corrected chi connectivity index (χ4v) is 3.74. The lowest BCUT2D eigenvalue weighted by Gasteiger charge is -2.26. The smallest absolute Gasteiger partial charge is 0.408 e. The first-order valence-corrected chi connectivity index (χ1v) is 14.4. The molecule has 5 amide bonds. The van der Waals surface area contributed by atoms with Gasteiger partial charge in [0.25, 0.3) is 0 Å². The minimum absolute atomic E-state index is 0.0189. The third kappa shape index (κ3) is 16.9. The normalized spacial score (nSPS) is 14.3. The van der Waals surface area contributed by atoms with E-state index in [9.17, 15) is 24.0 Å². The average Bonchev–Trinajstić information content (AvgIpc) is 2.86. The predicted molar refractivity (Wildman–Crippen MR) is 154 cm³/mol. The lowest BCUT2D eigenvalue weighted by Crippen LogP contribution is -2.57. The zero-order valence-corrected chi connectivity index (χ0v) is 25.0. The summed E-state index contributed by atoms with van der Waals surface area (Å²) < 4.78 is 5.29. The number of ether oxygens (including phenoxy) is 1. The van der Waals surface area contributed by atoms with E-state index in [1.807, 2.05) is 13.8 Å². The predicted octanol–water partition coefficient (Wildman–Crippen LogP) is 0.678. The van der Waals surface area contributed by atoms with E-state index < -0.39 is 53.6 Å². The van der Waals surface area contributed by atoms with Crippen LogP contribution in [0.4, 0.5) is 4.79 Å². The van der Waals surface area contributed by atoms with Crippen molar-refractivity contribution in [3.63, 3.8) is 0 Å². The van der Waals surface area contributed by atoms with Gasteiger partial charge < -0.3 is 43.2 Å². The molecule has 0 aliphatic heterocycles. The Bertz CT molecular complexity index is 803. The fourth-order valence-electron chi connectivity index (χ4n) is 3.74. The van der Waals surface area contributed by atoms with Crippen LogP contribution in [0.15, 0.2) is 0 Å². The van der Waals surface area contributed by atoms with Crippen LogP contribution >= 0.6 is 0 Å². The molecule has 10 N–H and O–H groups in total. The molecular weight excluding hydrogens is 518 g/mol. The van der Waals surface area contributed by atoms with Gasteiger partial charge in [0.2, 0.25) is 23.6 Å². The topological polar surface area (TPSA) is 221 Å². The molecular formula is C27H53N7O6. The van der Waals surface area contributed by atoms with Gasteiger partial charge in [0.15, 0.2) is 0 Å². The van der Waals surface area contributed by atoms with Crippen LogP contribution < -0.4 is 38.5 Å². The molecule has 40 heavy (non-hydrogen) atoms. The Balaban J connectivity index is 5.66. The highest BCUT2D eigenvalue weighted by Gasteiger charge is 2.30. The zero-order chi connectivity index (χ0) is 30.7. The number of unbranched alkanes of at least 4 members (excludes halogenated alkanes) is 3. The van der Waals surface area contributed by atoms with Gasteiger partial charge in [-0.3, -0.25) is 19.2 Å². The standard InChI is InChI=1S/C27H53N7O6/c1-6-8-12-18(29)23(36)31-17-15-21(25(38)32-19(22(30)35)13-9-7-2)33-24(37)20(14-10-11-16-28)34-26(39)40-27(3,4)5/h18-21H,6-17,28-29H2,1-5H3,(H2,30,35)(H,31,36)(H,32,38)(H,33,37)(H,34,39). The molecule has 0 aliphatic rings. The first-order chi connectivity index (χ1) is 18.7. The highest BCUT2D eigenvalue weighted by atomic mass is 16.6. The molecule has 0 saturated heterocycles. The summed E-state index contributed by atoms with van der Waals surface area (Å²) >= 11 is 0. The Morgan fingerprint density at radius 1 is 0.725 bits per heavy atom. The summed E-state index contributed by atoms with van der Waals surface area (Å²) in [4.78, 5) is 63.1. The summed E-state index contributed by atoms with van der Waals surface area (Å²) in [5.74, 6) is -2.29. The molecule has 0 heterocycles. The molecule has 0 rings (SSSR count).